The first-order valence-electron chi connectivity index (χ1n) is 8.20. The molecule has 0 fully saturated rings. The Morgan fingerprint density at radius 2 is 2.04 bits per heavy atom. The molecule has 0 saturated carbocycles. The van der Waals surface area contributed by atoms with Gasteiger partial charge in [0.15, 0.2) is 0 Å². The van der Waals surface area contributed by atoms with E-state index in [0.717, 1.165) is 23.7 Å². The third-order valence-electron chi connectivity index (χ3n) is 3.97. The van der Waals surface area contributed by atoms with Gasteiger partial charge in [0.1, 0.15) is 18.1 Å². The number of alkyl halides is 3. The molecule has 0 saturated heterocycles. The molecule has 1 aromatic carbocycles. The number of ether oxygens (including phenoxy) is 1. The van der Waals surface area contributed by atoms with Crippen LogP contribution in [0.25, 0.3) is 0 Å². The largest absolute Gasteiger partial charge is 0.492 e. The second-order valence-electron chi connectivity index (χ2n) is 5.94. The molecule has 2 heterocycles. The predicted molar refractivity (Wildman–Crippen MR) is 89.8 cm³/mol. The average Bonchev–Trinajstić information content (AvgIpc) is 2.60. The summed E-state index contributed by atoms with van der Waals surface area (Å²) < 4.78 is 43.0. The van der Waals surface area contributed by atoms with Gasteiger partial charge in [-0.05, 0) is 29.7 Å². The molecule has 5 nitrogen and oxygen atoms in total. The van der Waals surface area contributed by atoms with Gasteiger partial charge in [-0.15, -0.1) is 0 Å². The van der Waals surface area contributed by atoms with Crippen molar-refractivity contribution in [1.82, 2.24) is 10.3 Å². The molecule has 0 aliphatic carbocycles. The van der Waals surface area contributed by atoms with Gasteiger partial charge in [0.2, 0.25) is 5.91 Å². The fourth-order valence-corrected chi connectivity index (χ4v) is 2.61. The van der Waals surface area contributed by atoms with Crippen molar-refractivity contribution in [1.29, 1.82) is 0 Å². The number of carbonyl (C=O) groups excluding carboxylic acids is 1. The number of aromatic nitrogens is 1. The topological polar surface area (TPSA) is 63.2 Å². The molecule has 2 aromatic rings. The van der Waals surface area contributed by atoms with Crippen LogP contribution in [-0.2, 0) is 23.9 Å². The van der Waals surface area contributed by atoms with Crippen LogP contribution >= 0.6 is 0 Å². The molecule has 3 rings (SSSR count). The Morgan fingerprint density at radius 3 is 2.77 bits per heavy atom. The van der Waals surface area contributed by atoms with Gasteiger partial charge in [-0.3, -0.25) is 9.78 Å². The molecule has 8 heteroatoms. The van der Waals surface area contributed by atoms with Crippen LogP contribution < -0.4 is 15.4 Å². The SMILES string of the molecule is O=C1CCc2ccc(OCCNCc3ccc(C(F)(F)F)nc3)cc2N1. The first kappa shape index (κ1) is 18.2. The lowest BCUT2D eigenvalue weighted by Gasteiger charge is -2.17. The number of carbonyl (C=O) groups is 1. The van der Waals surface area contributed by atoms with Gasteiger partial charge < -0.3 is 15.4 Å². The number of halogens is 3. The number of nitrogens with one attached hydrogen (secondary N) is 2. The maximum Gasteiger partial charge on any atom is 0.433 e. The van der Waals surface area contributed by atoms with E-state index in [-0.39, 0.29) is 5.91 Å². The number of hydrogen-bond donors (Lipinski definition) is 2. The highest BCUT2D eigenvalue weighted by atomic mass is 19.4. The molecule has 0 spiro atoms. The number of nitrogens with zero attached hydrogens (tertiary/aromatic N) is 1. The molecule has 1 amide bonds. The molecular formula is C18H18F3N3O2. The molecule has 1 aliphatic rings. The Balaban J connectivity index is 1.42. The highest BCUT2D eigenvalue weighted by Gasteiger charge is 2.31. The zero-order valence-corrected chi connectivity index (χ0v) is 13.9. The van der Waals surface area contributed by atoms with Crippen LogP contribution in [0.3, 0.4) is 0 Å². The summed E-state index contributed by atoms with van der Waals surface area (Å²) >= 11 is 0. The summed E-state index contributed by atoms with van der Waals surface area (Å²) in [5.74, 6) is 0.658. The number of fused-ring (bicyclic) bond motifs is 1. The van der Waals surface area contributed by atoms with Gasteiger partial charge in [-0.25, -0.2) is 0 Å². The number of benzene rings is 1. The standard InChI is InChI=1S/C18H18F3N3O2/c19-18(20,21)16-5-1-12(11-23-16)10-22-7-8-26-14-4-2-13-3-6-17(25)24-15(13)9-14/h1-2,4-5,9,11,22H,3,6-8,10H2,(H,24,25). The Morgan fingerprint density at radius 1 is 1.19 bits per heavy atom. The number of amides is 1. The second kappa shape index (κ2) is 7.74. The minimum atomic E-state index is -4.42. The normalized spacial score (nSPS) is 13.9. The minimum Gasteiger partial charge on any atom is -0.492 e. The van der Waals surface area contributed by atoms with Crippen LogP contribution in [0, 0.1) is 0 Å². The zero-order chi connectivity index (χ0) is 18.6. The Kier molecular flexibility index (Phi) is 5.41. The molecule has 0 atom stereocenters. The van der Waals surface area contributed by atoms with E-state index >= 15 is 0 Å². The van der Waals surface area contributed by atoms with E-state index in [0.29, 0.717) is 37.4 Å². The van der Waals surface area contributed by atoms with Crippen LogP contribution in [0.1, 0.15) is 23.2 Å². The van der Waals surface area contributed by atoms with E-state index in [2.05, 4.69) is 15.6 Å². The fourth-order valence-electron chi connectivity index (χ4n) is 2.61. The molecule has 1 aromatic heterocycles. The molecule has 138 valence electrons. The van der Waals surface area contributed by atoms with Gasteiger partial charge in [0.25, 0.3) is 0 Å². The highest BCUT2D eigenvalue weighted by Crippen LogP contribution is 2.28. The molecule has 2 N–H and O–H groups in total. The van der Waals surface area contributed by atoms with Crippen molar-refractivity contribution in [3.8, 4) is 5.75 Å². The lowest BCUT2D eigenvalue weighted by Crippen LogP contribution is -2.21. The van der Waals surface area contributed by atoms with Crippen LogP contribution in [0.15, 0.2) is 36.5 Å². The van der Waals surface area contributed by atoms with Gasteiger partial charge in [0.05, 0.1) is 0 Å². The number of hydrogen-bond acceptors (Lipinski definition) is 4. The summed E-state index contributed by atoms with van der Waals surface area (Å²) in [5, 5.41) is 5.90. The second-order valence-corrected chi connectivity index (χ2v) is 5.94. The van der Waals surface area contributed by atoms with Crippen molar-refractivity contribution in [2.45, 2.75) is 25.6 Å². The van der Waals surface area contributed by atoms with E-state index < -0.39 is 11.9 Å². The van der Waals surface area contributed by atoms with Crippen molar-refractivity contribution >= 4 is 11.6 Å². The van der Waals surface area contributed by atoms with E-state index in [4.69, 9.17) is 4.74 Å². The van der Waals surface area contributed by atoms with Crippen molar-refractivity contribution in [2.24, 2.45) is 0 Å². The van der Waals surface area contributed by atoms with Gasteiger partial charge >= 0.3 is 6.18 Å². The van der Waals surface area contributed by atoms with Crippen molar-refractivity contribution in [2.75, 3.05) is 18.5 Å². The maximum absolute atomic E-state index is 12.4. The molecule has 0 unspecified atom stereocenters. The summed E-state index contributed by atoms with van der Waals surface area (Å²) in [6.45, 7) is 1.31. The lowest BCUT2D eigenvalue weighted by atomic mass is 10.0. The maximum atomic E-state index is 12.4. The molecule has 0 radical (unpaired) electrons. The molecule has 26 heavy (non-hydrogen) atoms. The third-order valence-corrected chi connectivity index (χ3v) is 3.97. The average molecular weight is 365 g/mol. The molecule has 1 aliphatic heterocycles. The van der Waals surface area contributed by atoms with Crippen LogP contribution in [0.5, 0.6) is 5.75 Å². The van der Waals surface area contributed by atoms with Gasteiger partial charge in [-0.1, -0.05) is 12.1 Å². The smallest absolute Gasteiger partial charge is 0.433 e. The summed E-state index contributed by atoms with van der Waals surface area (Å²) in [7, 11) is 0. The van der Waals surface area contributed by atoms with Crippen LogP contribution in [0.2, 0.25) is 0 Å². The monoisotopic (exact) mass is 365 g/mol. The highest BCUT2D eigenvalue weighted by molar-refractivity contribution is 5.94. The minimum absolute atomic E-state index is 0.00136. The van der Waals surface area contributed by atoms with Crippen molar-refractivity contribution in [3.05, 3.63) is 53.3 Å². The van der Waals surface area contributed by atoms with Crippen molar-refractivity contribution in [3.63, 3.8) is 0 Å². The van der Waals surface area contributed by atoms with E-state index in [1.807, 2.05) is 12.1 Å². The number of rotatable bonds is 6. The Hall–Kier alpha value is -2.61. The number of aryl methyl sites for hydroxylation is 1. The molecular weight excluding hydrogens is 347 g/mol. The van der Waals surface area contributed by atoms with Gasteiger partial charge in [-0.2, -0.15) is 13.2 Å². The van der Waals surface area contributed by atoms with Crippen molar-refractivity contribution < 1.29 is 22.7 Å². The summed E-state index contributed by atoms with van der Waals surface area (Å²) in [4.78, 5) is 14.8. The number of anilines is 1. The Labute approximate surface area is 148 Å². The predicted octanol–water partition coefficient (Wildman–Crippen LogP) is 3.15. The first-order chi connectivity index (χ1) is 12.4. The summed E-state index contributed by atoms with van der Waals surface area (Å²) in [6, 6.07) is 7.96. The van der Waals surface area contributed by atoms with E-state index in [1.165, 1.54) is 12.3 Å². The molecule has 0 bridgehead atoms. The van der Waals surface area contributed by atoms with Crippen LogP contribution in [0.4, 0.5) is 18.9 Å². The zero-order valence-electron chi connectivity index (χ0n) is 13.9. The quantitative estimate of drug-likeness (QED) is 0.772. The van der Waals surface area contributed by atoms with Crippen LogP contribution in [-0.4, -0.2) is 24.0 Å². The third kappa shape index (κ3) is 4.72. The first-order valence-corrected chi connectivity index (χ1v) is 8.20. The van der Waals surface area contributed by atoms with Gasteiger partial charge in [0, 0.05) is 37.5 Å². The summed E-state index contributed by atoms with van der Waals surface area (Å²) in [6.07, 6.45) is -1.99. The van der Waals surface area contributed by atoms with E-state index in [9.17, 15) is 18.0 Å². The summed E-state index contributed by atoms with van der Waals surface area (Å²) in [5.41, 5.74) is 1.63. The van der Waals surface area contributed by atoms with E-state index in [1.54, 1.807) is 6.07 Å². The number of pyridine rings is 1. The Bertz CT molecular complexity index is 776. The fraction of sp³-hybridized carbons (Fsp3) is 0.333. The lowest BCUT2D eigenvalue weighted by molar-refractivity contribution is -0.141.